The van der Waals surface area contributed by atoms with Crippen LogP contribution in [0.5, 0.6) is 5.75 Å². The van der Waals surface area contributed by atoms with Gasteiger partial charge in [0.05, 0.1) is 6.61 Å². The Morgan fingerprint density at radius 2 is 2.17 bits per heavy atom. The lowest BCUT2D eigenvalue weighted by atomic mass is 10.1. The normalized spacial score (nSPS) is 15.6. The molecule has 1 unspecified atom stereocenters. The van der Waals surface area contributed by atoms with E-state index in [0.29, 0.717) is 18.8 Å². The van der Waals surface area contributed by atoms with Gasteiger partial charge in [-0.25, -0.2) is 0 Å². The molecule has 1 atom stereocenters. The number of aliphatic hydroxyl groups is 1. The Hall–Kier alpha value is -1.39. The summed E-state index contributed by atoms with van der Waals surface area (Å²) in [6.45, 7) is 2.94. The van der Waals surface area contributed by atoms with E-state index in [1.807, 2.05) is 13.0 Å². The van der Waals surface area contributed by atoms with Crippen molar-refractivity contribution in [2.24, 2.45) is 0 Å². The van der Waals surface area contributed by atoms with Crippen LogP contribution in [0.1, 0.15) is 29.3 Å². The van der Waals surface area contributed by atoms with Crippen LogP contribution in [-0.4, -0.2) is 36.8 Å². The van der Waals surface area contributed by atoms with Gasteiger partial charge in [-0.2, -0.15) is 0 Å². The monoisotopic (exact) mass is 250 g/mol. The van der Waals surface area contributed by atoms with Gasteiger partial charge in [-0.1, -0.05) is 0 Å². The molecule has 0 fully saturated rings. The lowest BCUT2D eigenvalue weighted by molar-refractivity contribution is 0.0164. The molecular weight excluding hydrogens is 232 g/mol. The van der Waals surface area contributed by atoms with Crippen LogP contribution in [0.4, 0.5) is 0 Å². The third-order valence-electron chi connectivity index (χ3n) is 2.96. The van der Waals surface area contributed by atoms with Crippen molar-refractivity contribution in [2.45, 2.75) is 25.9 Å². The molecule has 1 aromatic carbocycles. The Bertz CT molecular complexity index is 428. The number of ether oxygens (including phenoxy) is 2. The molecule has 0 aromatic heterocycles. The number of hydrogen-bond acceptors (Lipinski definition) is 4. The zero-order chi connectivity index (χ0) is 13.0. The third kappa shape index (κ3) is 3.09. The Morgan fingerprint density at radius 3 is 2.94 bits per heavy atom. The van der Waals surface area contributed by atoms with Crippen molar-refractivity contribution in [3.63, 3.8) is 0 Å². The summed E-state index contributed by atoms with van der Waals surface area (Å²) in [7, 11) is 0. The standard InChI is InChI=1S/C14H18O4/c1-2-17-8-11(15)9-18-12-4-5-13-10(7-12)3-6-14(13)16/h4-5,7,11,15H,2-3,6,8-9H2,1H3. The second-order valence-electron chi connectivity index (χ2n) is 4.37. The van der Waals surface area contributed by atoms with Crippen LogP contribution >= 0.6 is 0 Å². The van der Waals surface area contributed by atoms with E-state index in [-0.39, 0.29) is 19.0 Å². The van der Waals surface area contributed by atoms with Crippen LogP contribution in [0.15, 0.2) is 18.2 Å². The number of benzene rings is 1. The number of carbonyl (C=O) groups excluding carboxylic acids is 1. The van der Waals surface area contributed by atoms with Crippen molar-refractivity contribution in [1.29, 1.82) is 0 Å². The minimum absolute atomic E-state index is 0.201. The van der Waals surface area contributed by atoms with E-state index in [2.05, 4.69) is 0 Å². The average molecular weight is 250 g/mol. The summed E-state index contributed by atoms with van der Waals surface area (Å²) in [4.78, 5) is 11.5. The molecule has 1 N–H and O–H groups in total. The van der Waals surface area contributed by atoms with Gasteiger partial charge < -0.3 is 14.6 Å². The summed E-state index contributed by atoms with van der Waals surface area (Å²) in [5, 5.41) is 9.57. The van der Waals surface area contributed by atoms with Gasteiger partial charge in [0.25, 0.3) is 0 Å². The maximum atomic E-state index is 11.5. The Kier molecular flexibility index (Phi) is 4.33. The zero-order valence-electron chi connectivity index (χ0n) is 10.5. The summed E-state index contributed by atoms with van der Waals surface area (Å²) in [6, 6.07) is 5.46. The SMILES string of the molecule is CCOCC(O)COc1ccc2c(c1)CCC2=O. The summed E-state index contributed by atoms with van der Waals surface area (Å²) < 4.78 is 10.6. The van der Waals surface area contributed by atoms with E-state index < -0.39 is 6.10 Å². The number of rotatable bonds is 6. The topological polar surface area (TPSA) is 55.8 Å². The van der Waals surface area contributed by atoms with Crippen LogP contribution in [0, 0.1) is 0 Å². The van der Waals surface area contributed by atoms with Gasteiger partial charge in [0, 0.05) is 18.6 Å². The quantitative estimate of drug-likeness (QED) is 0.833. The van der Waals surface area contributed by atoms with Crippen molar-refractivity contribution < 1.29 is 19.4 Å². The Labute approximate surface area is 107 Å². The second-order valence-corrected chi connectivity index (χ2v) is 4.37. The number of aryl methyl sites for hydroxylation is 1. The van der Waals surface area contributed by atoms with Crippen LogP contribution in [0.25, 0.3) is 0 Å². The zero-order valence-corrected chi connectivity index (χ0v) is 10.5. The highest BCUT2D eigenvalue weighted by Gasteiger charge is 2.19. The van der Waals surface area contributed by atoms with Crippen molar-refractivity contribution in [3.8, 4) is 5.75 Å². The predicted molar refractivity (Wildman–Crippen MR) is 67.1 cm³/mol. The smallest absolute Gasteiger partial charge is 0.163 e. The van der Waals surface area contributed by atoms with E-state index in [9.17, 15) is 9.90 Å². The fourth-order valence-electron chi connectivity index (χ4n) is 2.02. The summed E-state index contributed by atoms with van der Waals surface area (Å²) in [6.07, 6.45) is 0.748. The number of aliphatic hydroxyl groups excluding tert-OH is 1. The van der Waals surface area contributed by atoms with Crippen LogP contribution in [0.3, 0.4) is 0 Å². The first kappa shape index (κ1) is 13.1. The molecule has 98 valence electrons. The number of ketones is 1. The molecule has 18 heavy (non-hydrogen) atoms. The molecule has 0 amide bonds. The lowest BCUT2D eigenvalue weighted by Gasteiger charge is -2.12. The fraction of sp³-hybridized carbons (Fsp3) is 0.500. The number of hydrogen-bond donors (Lipinski definition) is 1. The van der Waals surface area contributed by atoms with Gasteiger partial charge in [-0.3, -0.25) is 4.79 Å². The van der Waals surface area contributed by atoms with Crippen molar-refractivity contribution in [1.82, 2.24) is 0 Å². The van der Waals surface area contributed by atoms with Gasteiger partial charge in [-0.05, 0) is 37.1 Å². The number of Topliss-reactive ketones (excluding diaryl/α,β-unsaturated/α-hetero) is 1. The first-order valence-corrected chi connectivity index (χ1v) is 6.25. The minimum atomic E-state index is -0.625. The molecule has 1 aliphatic carbocycles. The maximum absolute atomic E-state index is 11.5. The molecule has 0 aliphatic heterocycles. The molecule has 4 nitrogen and oxygen atoms in total. The molecule has 0 saturated heterocycles. The van der Waals surface area contributed by atoms with Crippen LogP contribution in [0.2, 0.25) is 0 Å². The molecular formula is C14H18O4. The number of carbonyl (C=O) groups is 1. The van der Waals surface area contributed by atoms with E-state index in [1.165, 1.54) is 0 Å². The summed E-state index contributed by atoms with van der Waals surface area (Å²) in [5.74, 6) is 0.895. The van der Waals surface area contributed by atoms with Crippen LogP contribution in [-0.2, 0) is 11.2 Å². The summed E-state index contributed by atoms with van der Waals surface area (Å²) >= 11 is 0. The molecule has 2 rings (SSSR count). The molecule has 0 heterocycles. The lowest BCUT2D eigenvalue weighted by Crippen LogP contribution is -2.23. The van der Waals surface area contributed by atoms with Crippen molar-refractivity contribution in [2.75, 3.05) is 19.8 Å². The first-order valence-electron chi connectivity index (χ1n) is 6.25. The first-order chi connectivity index (χ1) is 8.70. The average Bonchev–Trinajstić information content (AvgIpc) is 2.75. The Morgan fingerprint density at radius 1 is 1.33 bits per heavy atom. The molecule has 0 radical (unpaired) electrons. The maximum Gasteiger partial charge on any atom is 0.163 e. The minimum Gasteiger partial charge on any atom is -0.491 e. The molecule has 1 aliphatic rings. The van der Waals surface area contributed by atoms with Gasteiger partial charge in [-0.15, -0.1) is 0 Å². The molecule has 0 saturated carbocycles. The van der Waals surface area contributed by atoms with Crippen molar-refractivity contribution in [3.05, 3.63) is 29.3 Å². The van der Waals surface area contributed by atoms with Gasteiger partial charge in [0.15, 0.2) is 5.78 Å². The van der Waals surface area contributed by atoms with Crippen molar-refractivity contribution >= 4 is 5.78 Å². The van der Waals surface area contributed by atoms with Gasteiger partial charge in [0.1, 0.15) is 18.5 Å². The van der Waals surface area contributed by atoms with Crippen LogP contribution < -0.4 is 4.74 Å². The third-order valence-corrected chi connectivity index (χ3v) is 2.96. The predicted octanol–water partition coefficient (Wildman–Crippen LogP) is 1.59. The van der Waals surface area contributed by atoms with E-state index in [0.717, 1.165) is 17.5 Å². The molecule has 1 aromatic rings. The fourth-order valence-corrected chi connectivity index (χ4v) is 2.02. The van der Waals surface area contributed by atoms with Gasteiger partial charge >= 0.3 is 0 Å². The largest absolute Gasteiger partial charge is 0.491 e. The molecule has 0 bridgehead atoms. The highest BCUT2D eigenvalue weighted by Crippen LogP contribution is 2.26. The number of fused-ring (bicyclic) bond motifs is 1. The van der Waals surface area contributed by atoms with E-state index in [1.54, 1.807) is 12.1 Å². The second kappa shape index (κ2) is 5.98. The molecule has 4 heteroatoms. The highest BCUT2D eigenvalue weighted by molar-refractivity contribution is 6.00. The Balaban J connectivity index is 1.89. The van der Waals surface area contributed by atoms with E-state index >= 15 is 0 Å². The van der Waals surface area contributed by atoms with E-state index in [4.69, 9.17) is 9.47 Å². The van der Waals surface area contributed by atoms with Gasteiger partial charge in [0.2, 0.25) is 0 Å². The highest BCUT2D eigenvalue weighted by atomic mass is 16.5. The summed E-state index contributed by atoms with van der Waals surface area (Å²) in [5.41, 5.74) is 1.84. The molecule has 0 spiro atoms.